The molecule has 0 aliphatic heterocycles. The van der Waals surface area contributed by atoms with Crippen molar-refractivity contribution >= 4 is 46.2 Å². The van der Waals surface area contributed by atoms with Crippen LogP contribution in [0.15, 0.2) is 51.0 Å². The normalized spacial score (nSPS) is 10.8. The Hall–Kier alpha value is -2.78. The predicted molar refractivity (Wildman–Crippen MR) is 107 cm³/mol. The fourth-order valence-corrected chi connectivity index (χ4v) is 3.44. The predicted octanol–water partition coefficient (Wildman–Crippen LogP) is 2.63. The van der Waals surface area contributed by atoms with Crippen LogP contribution in [0.25, 0.3) is 10.9 Å². The SMILES string of the molecule is CCNC(=O)NC(=O)CSc1nc2cc(Cl)ccc2c(=O)n1Cc1ccco1. The highest BCUT2D eigenvalue weighted by Gasteiger charge is 2.16. The third-order valence-electron chi connectivity index (χ3n) is 3.70. The molecule has 0 atom stereocenters. The van der Waals surface area contributed by atoms with E-state index >= 15 is 0 Å². The van der Waals surface area contributed by atoms with Crippen LogP contribution in [0.1, 0.15) is 12.7 Å². The van der Waals surface area contributed by atoms with Crippen LogP contribution in [-0.4, -0.2) is 33.8 Å². The molecule has 3 aromatic rings. The Bertz CT molecular complexity index is 1070. The maximum Gasteiger partial charge on any atom is 0.321 e. The van der Waals surface area contributed by atoms with Gasteiger partial charge in [0.05, 0.1) is 29.5 Å². The highest BCUT2D eigenvalue weighted by atomic mass is 35.5. The number of thioether (sulfide) groups is 1. The van der Waals surface area contributed by atoms with Gasteiger partial charge in [-0.15, -0.1) is 0 Å². The third kappa shape index (κ3) is 4.73. The summed E-state index contributed by atoms with van der Waals surface area (Å²) in [6.07, 6.45) is 1.52. The van der Waals surface area contributed by atoms with E-state index in [0.717, 1.165) is 11.8 Å². The largest absolute Gasteiger partial charge is 0.467 e. The van der Waals surface area contributed by atoms with Crippen molar-refractivity contribution in [1.29, 1.82) is 0 Å². The number of carbonyl (C=O) groups excluding carboxylic acids is 2. The summed E-state index contributed by atoms with van der Waals surface area (Å²) in [6.45, 7) is 2.32. The maximum absolute atomic E-state index is 13.0. The minimum atomic E-state index is -0.570. The van der Waals surface area contributed by atoms with E-state index in [0.29, 0.717) is 33.4 Å². The molecule has 0 aliphatic rings. The van der Waals surface area contributed by atoms with Gasteiger partial charge in [-0.1, -0.05) is 23.4 Å². The number of imide groups is 1. The van der Waals surface area contributed by atoms with Crippen LogP contribution in [0, 0.1) is 0 Å². The number of halogens is 1. The molecule has 10 heteroatoms. The lowest BCUT2D eigenvalue weighted by atomic mass is 10.2. The molecular formula is C18H17ClN4O4S. The van der Waals surface area contributed by atoms with E-state index in [9.17, 15) is 14.4 Å². The number of hydrogen-bond donors (Lipinski definition) is 2. The minimum Gasteiger partial charge on any atom is -0.467 e. The summed E-state index contributed by atoms with van der Waals surface area (Å²) in [4.78, 5) is 40.9. The first-order valence-electron chi connectivity index (χ1n) is 8.41. The van der Waals surface area contributed by atoms with Crippen molar-refractivity contribution in [2.45, 2.75) is 18.6 Å². The zero-order valence-electron chi connectivity index (χ0n) is 14.9. The summed E-state index contributed by atoms with van der Waals surface area (Å²) >= 11 is 7.06. The van der Waals surface area contributed by atoms with Crippen LogP contribution in [0.2, 0.25) is 5.02 Å². The van der Waals surface area contributed by atoms with Gasteiger partial charge in [0.1, 0.15) is 5.76 Å². The number of carbonyl (C=O) groups is 2. The van der Waals surface area contributed by atoms with Crippen LogP contribution in [0.4, 0.5) is 4.79 Å². The topological polar surface area (TPSA) is 106 Å². The molecule has 3 amide bonds. The highest BCUT2D eigenvalue weighted by molar-refractivity contribution is 7.99. The highest BCUT2D eigenvalue weighted by Crippen LogP contribution is 2.21. The van der Waals surface area contributed by atoms with Gasteiger partial charge >= 0.3 is 6.03 Å². The lowest BCUT2D eigenvalue weighted by Gasteiger charge is -2.12. The number of nitrogens with zero attached hydrogens (tertiary/aromatic N) is 2. The van der Waals surface area contributed by atoms with E-state index in [2.05, 4.69) is 15.6 Å². The van der Waals surface area contributed by atoms with Crippen LogP contribution in [0.5, 0.6) is 0 Å². The molecule has 0 aliphatic carbocycles. The Labute approximate surface area is 169 Å². The van der Waals surface area contributed by atoms with Crippen molar-refractivity contribution in [2.75, 3.05) is 12.3 Å². The zero-order valence-corrected chi connectivity index (χ0v) is 16.5. The Morgan fingerprint density at radius 2 is 2.14 bits per heavy atom. The Kier molecular flexibility index (Phi) is 6.37. The van der Waals surface area contributed by atoms with Gasteiger partial charge in [0.25, 0.3) is 5.56 Å². The number of benzene rings is 1. The molecule has 2 heterocycles. The van der Waals surface area contributed by atoms with Gasteiger partial charge in [0.15, 0.2) is 5.16 Å². The lowest BCUT2D eigenvalue weighted by molar-refractivity contribution is -0.117. The molecule has 0 unspecified atom stereocenters. The van der Waals surface area contributed by atoms with Crippen molar-refractivity contribution in [2.24, 2.45) is 0 Å². The number of fused-ring (bicyclic) bond motifs is 1. The van der Waals surface area contributed by atoms with E-state index < -0.39 is 11.9 Å². The molecule has 8 nitrogen and oxygen atoms in total. The second-order valence-electron chi connectivity index (χ2n) is 5.72. The fraction of sp³-hybridized carbons (Fsp3) is 0.222. The minimum absolute atomic E-state index is 0.0895. The Balaban J connectivity index is 1.91. The quantitative estimate of drug-likeness (QED) is 0.469. The van der Waals surface area contributed by atoms with Crippen molar-refractivity contribution in [3.8, 4) is 0 Å². The van der Waals surface area contributed by atoms with E-state index in [4.69, 9.17) is 16.0 Å². The fourth-order valence-electron chi connectivity index (χ4n) is 2.48. The first-order chi connectivity index (χ1) is 13.5. The summed E-state index contributed by atoms with van der Waals surface area (Å²) in [7, 11) is 0. The molecule has 2 N–H and O–H groups in total. The first kappa shape index (κ1) is 20.0. The third-order valence-corrected chi connectivity index (χ3v) is 4.91. The standard InChI is InChI=1S/C18H17ClN4O4S/c1-2-20-17(26)22-15(24)10-28-18-21-14-8-11(19)5-6-13(14)16(25)23(18)9-12-4-3-7-27-12/h3-8H,2,9-10H2,1H3,(H2,20,22,24,26). The van der Waals surface area contributed by atoms with Crippen LogP contribution >= 0.6 is 23.4 Å². The van der Waals surface area contributed by atoms with Gasteiger partial charge in [-0.25, -0.2) is 9.78 Å². The van der Waals surface area contributed by atoms with E-state index in [1.165, 1.54) is 10.8 Å². The van der Waals surface area contributed by atoms with Gasteiger partial charge in [-0.3, -0.25) is 19.5 Å². The molecular weight excluding hydrogens is 404 g/mol. The van der Waals surface area contributed by atoms with E-state index in [1.807, 2.05) is 0 Å². The van der Waals surface area contributed by atoms with Crippen LogP contribution in [-0.2, 0) is 11.3 Å². The number of hydrogen-bond acceptors (Lipinski definition) is 6. The Morgan fingerprint density at radius 3 is 2.86 bits per heavy atom. The molecule has 2 aromatic heterocycles. The van der Waals surface area contributed by atoms with Gasteiger partial charge in [0.2, 0.25) is 5.91 Å². The first-order valence-corrected chi connectivity index (χ1v) is 9.77. The lowest BCUT2D eigenvalue weighted by Crippen LogP contribution is -2.40. The van der Waals surface area contributed by atoms with Crippen LogP contribution < -0.4 is 16.2 Å². The number of nitrogens with one attached hydrogen (secondary N) is 2. The maximum atomic E-state index is 13.0. The molecule has 0 spiro atoms. The molecule has 0 fully saturated rings. The summed E-state index contributed by atoms with van der Waals surface area (Å²) in [5, 5.41) is 5.87. The molecule has 0 saturated heterocycles. The number of rotatable bonds is 6. The summed E-state index contributed by atoms with van der Waals surface area (Å²) in [5.41, 5.74) is 0.157. The van der Waals surface area contributed by atoms with Crippen molar-refractivity contribution in [3.05, 3.63) is 57.7 Å². The number of amides is 3. The molecule has 28 heavy (non-hydrogen) atoms. The second kappa shape index (κ2) is 8.94. The monoisotopic (exact) mass is 420 g/mol. The van der Waals surface area contributed by atoms with Crippen LogP contribution in [0.3, 0.4) is 0 Å². The van der Waals surface area contributed by atoms with Crippen molar-refractivity contribution < 1.29 is 14.0 Å². The van der Waals surface area contributed by atoms with Gasteiger partial charge in [0, 0.05) is 11.6 Å². The second-order valence-corrected chi connectivity index (χ2v) is 7.10. The van der Waals surface area contributed by atoms with Gasteiger partial charge < -0.3 is 9.73 Å². The van der Waals surface area contributed by atoms with Gasteiger partial charge in [-0.05, 0) is 37.3 Å². The Morgan fingerprint density at radius 1 is 1.32 bits per heavy atom. The summed E-state index contributed by atoms with van der Waals surface area (Å²) in [5.74, 6) is -0.0138. The zero-order chi connectivity index (χ0) is 20.1. The molecule has 0 radical (unpaired) electrons. The van der Waals surface area contributed by atoms with Crippen molar-refractivity contribution in [1.82, 2.24) is 20.2 Å². The average molecular weight is 421 g/mol. The summed E-state index contributed by atoms with van der Waals surface area (Å²) in [6, 6.07) is 7.72. The summed E-state index contributed by atoms with van der Waals surface area (Å²) < 4.78 is 6.76. The van der Waals surface area contributed by atoms with Gasteiger partial charge in [-0.2, -0.15) is 0 Å². The van der Waals surface area contributed by atoms with Crippen molar-refractivity contribution in [3.63, 3.8) is 0 Å². The average Bonchev–Trinajstić information content (AvgIpc) is 3.16. The number of aromatic nitrogens is 2. The van der Waals surface area contributed by atoms with E-state index in [-0.39, 0.29) is 17.9 Å². The number of furan rings is 1. The smallest absolute Gasteiger partial charge is 0.321 e. The molecule has 3 rings (SSSR count). The molecule has 1 aromatic carbocycles. The van der Waals surface area contributed by atoms with E-state index in [1.54, 1.807) is 37.3 Å². The molecule has 0 saturated carbocycles. The molecule has 146 valence electrons. The molecule has 0 bridgehead atoms. The number of urea groups is 1.